The van der Waals surface area contributed by atoms with Crippen LogP contribution in [0.2, 0.25) is 0 Å². The summed E-state index contributed by atoms with van der Waals surface area (Å²) in [6, 6.07) is 14.7. The van der Waals surface area contributed by atoms with Crippen molar-refractivity contribution in [3.63, 3.8) is 0 Å². The quantitative estimate of drug-likeness (QED) is 0.695. The summed E-state index contributed by atoms with van der Waals surface area (Å²) in [6.45, 7) is 4.20. The van der Waals surface area contributed by atoms with E-state index in [-0.39, 0.29) is 31.6 Å². The SMILES string of the molecule is CCc1cccc2c1c(O)c(C(=O)N(CC)c1ccccc1)c(=O)n2C.[H-].[Li+]. The minimum Gasteiger partial charge on any atom is -1.00 e. The molecule has 0 aliphatic rings. The van der Waals surface area contributed by atoms with Crippen LogP contribution in [0.15, 0.2) is 53.3 Å². The molecule has 0 aliphatic heterocycles. The molecule has 0 bridgehead atoms. The van der Waals surface area contributed by atoms with Crippen LogP contribution in [0.1, 0.15) is 31.2 Å². The minimum atomic E-state index is -0.498. The number of aromatic hydroxyl groups is 1. The summed E-state index contributed by atoms with van der Waals surface area (Å²) in [5.41, 5.74) is 1.51. The van der Waals surface area contributed by atoms with Crippen molar-refractivity contribution in [2.24, 2.45) is 7.05 Å². The molecule has 0 spiro atoms. The van der Waals surface area contributed by atoms with Crippen LogP contribution in [0, 0.1) is 0 Å². The van der Waals surface area contributed by atoms with Crippen molar-refractivity contribution in [3.05, 3.63) is 70.0 Å². The fraction of sp³-hybridized carbons (Fsp3) is 0.238. The molecule has 0 saturated carbocycles. The Balaban J connectivity index is 0.00000196. The number of benzene rings is 2. The van der Waals surface area contributed by atoms with Gasteiger partial charge in [-0.05, 0) is 37.1 Å². The number of para-hydroxylation sites is 1. The zero-order valence-electron chi connectivity index (χ0n) is 17.2. The van der Waals surface area contributed by atoms with Crippen LogP contribution in [0.3, 0.4) is 0 Å². The van der Waals surface area contributed by atoms with Crippen molar-refractivity contribution in [1.29, 1.82) is 0 Å². The average Bonchev–Trinajstić information content (AvgIpc) is 2.67. The number of hydrogen-bond donors (Lipinski definition) is 1. The number of anilines is 1. The van der Waals surface area contributed by atoms with Gasteiger partial charge in [0.05, 0.1) is 5.52 Å². The van der Waals surface area contributed by atoms with Gasteiger partial charge in [0.25, 0.3) is 11.5 Å². The molecule has 0 atom stereocenters. The van der Waals surface area contributed by atoms with Crippen LogP contribution in [0.5, 0.6) is 5.75 Å². The smallest absolute Gasteiger partial charge is 1.00 e. The third-order valence-corrected chi connectivity index (χ3v) is 4.71. The molecule has 0 saturated heterocycles. The van der Waals surface area contributed by atoms with Gasteiger partial charge in [-0.15, -0.1) is 0 Å². The number of hydrogen-bond acceptors (Lipinski definition) is 3. The van der Waals surface area contributed by atoms with E-state index < -0.39 is 11.5 Å². The minimum absolute atomic E-state index is 0. The Kier molecular flexibility index (Phi) is 6.53. The zero-order chi connectivity index (χ0) is 18.8. The fourth-order valence-electron chi connectivity index (χ4n) is 3.32. The average molecular weight is 358 g/mol. The number of pyridine rings is 1. The van der Waals surface area contributed by atoms with Gasteiger partial charge in [0.15, 0.2) is 0 Å². The molecule has 0 radical (unpaired) electrons. The summed E-state index contributed by atoms with van der Waals surface area (Å²) < 4.78 is 1.43. The van der Waals surface area contributed by atoms with E-state index in [4.69, 9.17) is 0 Å². The molecule has 3 rings (SSSR count). The molecule has 1 heterocycles. The van der Waals surface area contributed by atoms with Crippen molar-refractivity contribution in [1.82, 2.24) is 4.57 Å². The van der Waals surface area contributed by atoms with Crippen molar-refractivity contribution >= 4 is 22.5 Å². The predicted molar refractivity (Wildman–Crippen MR) is 105 cm³/mol. The second-order valence-electron chi connectivity index (χ2n) is 6.14. The van der Waals surface area contributed by atoms with E-state index in [0.29, 0.717) is 29.6 Å². The van der Waals surface area contributed by atoms with Crippen LogP contribution >= 0.6 is 0 Å². The van der Waals surface area contributed by atoms with Gasteiger partial charge in [-0.1, -0.05) is 37.3 Å². The van der Waals surface area contributed by atoms with Gasteiger partial charge in [-0.2, -0.15) is 0 Å². The van der Waals surface area contributed by atoms with Crippen molar-refractivity contribution < 1.29 is 30.2 Å². The molecule has 1 aromatic heterocycles. The number of rotatable bonds is 4. The Bertz CT molecular complexity index is 1040. The molecule has 5 nitrogen and oxygen atoms in total. The molecule has 0 unspecified atom stereocenters. The normalized spacial score (nSPS) is 10.5. The van der Waals surface area contributed by atoms with Crippen LogP contribution in [-0.2, 0) is 13.5 Å². The Morgan fingerprint density at radius 3 is 2.37 bits per heavy atom. The van der Waals surface area contributed by atoms with Gasteiger partial charge >= 0.3 is 18.9 Å². The van der Waals surface area contributed by atoms with Gasteiger partial charge in [-0.3, -0.25) is 9.59 Å². The fourth-order valence-corrected chi connectivity index (χ4v) is 3.32. The van der Waals surface area contributed by atoms with E-state index in [0.717, 1.165) is 5.56 Å². The summed E-state index contributed by atoms with van der Waals surface area (Å²) in [5, 5.41) is 11.4. The largest absolute Gasteiger partial charge is 1.00 e. The summed E-state index contributed by atoms with van der Waals surface area (Å²) in [7, 11) is 1.62. The van der Waals surface area contributed by atoms with Crippen LogP contribution in [-0.4, -0.2) is 22.1 Å². The zero-order valence-corrected chi connectivity index (χ0v) is 16.2. The van der Waals surface area contributed by atoms with Gasteiger partial charge in [-0.25, -0.2) is 0 Å². The number of nitrogens with zero attached hydrogens (tertiary/aromatic N) is 2. The topological polar surface area (TPSA) is 62.5 Å². The maximum absolute atomic E-state index is 13.2. The van der Waals surface area contributed by atoms with Gasteiger partial charge in [0.1, 0.15) is 11.3 Å². The van der Waals surface area contributed by atoms with E-state index in [1.165, 1.54) is 9.47 Å². The van der Waals surface area contributed by atoms with Crippen LogP contribution in [0.4, 0.5) is 5.69 Å². The number of aryl methyl sites for hydroxylation is 2. The number of carbonyl (C=O) groups is 1. The first kappa shape index (κ1) is 20.8. The Morgan fingerprint density at radius 1 is 1.11 bits per heavy atom. The van der Waals surface area contributed by atoms with Crippen LogP contribution < -0.4 is 29.3 Å². The molecule has 2 aromatic carbocycles. The second-order valence-corrected chi connectivity index (χ2v) is 6.14. The Labute approximate surface area is 171 Å². The molecular formula is C21H23LiN2O3. The van der Waals surface area contributed by atoms with Crippen molar-refractivity contribution in [2.75, 3.05) is 11.4 Å². The standard InChI is InChI=1S/C21H22N2O3.Li.H/c1-4-14-10-9-13-16-17(14)19(24)18(20(25)22(16)3)21(26)23(5-2)15-11-7-6-8-12-15;;/h6-13,24H,4-5H2,1-3H3;;/q;+1;-1. The molecular weight excluding hydrogens is 335 g/mol. The van der Waals surface area contributed by atoms with E-state index >= 15 is 0 Å². The summed E-state index contributed by atoms with van der Waals surface area (Å²) in [5.74, 6) is -0.732. The van der Waals surface area contributed by atoms with Gasteiger partial charge < -0.3 is 16.0 Å². The van der Waals surface area contributed by atoms with E-state index in [1.807, 2.05) is 44.2 Å². The summed E-state index contributed by atoms with van der Waals surface area (Å²) in [4.78, 5) is 27.5. The first-order chi connectivity index (χ1) is 12.5. The predicted octanol–water partition coefficient (Wildman–Crippen LogP) is 0.590. The third kappa shape index (κ3) is 3.53. The summed E-state index contributed by atoms with van der Waals surface area (Å²) >= 11 is 0. The number of fused-ring (bicyclic) bond motifs is 1. The number of carbonyl (C=O) groups excluding carboxylic acids is 1. The van der Waals surface area contributed by atoms with E-state index in [1.54, 1.807) is 25.2 Å². The van der Waals surface area contributed by atoms with Crippen molar-refractivity contribution in [3.8, 4) is 5.75 Å². The van der Waals surface area contributed by atoms with Gasteiger partial charge in [0, 0.05) is 24.7 Å². The second kappa shape index (κ2) is 8.47. The molecule has 1 amide bonds. The molecule has 6 heteroatoms. The molecule has 136 valence electrons. The Morgan fingerprint density at radius 2 is 1.78 bits per heavy atom. The number of amides is 1. The third-order valence-electron chi connectivity index (χ3n) is 4.71. The monoisotopic (exact) mass is 358 g/mol. The molecule has 27 heavy (non-hydrogen) atoms. The molecule has 1 N–H and O–H groups in total. The molecule has 0 aliphatic carbocycles. The first-order valence-electron chi connectivity index (χ1n) is 8.71. The first-order valence-corrected chi connectivity index (χ1v) is 8.71. The van der Waals surface area contributed by atoms with E-state index in [2.05, 4.69) is 0 Å². The maximum atomic E-state index is 13.2. The summed E-state index contributed by atoms with van der Waals surface area (Å²) in [6.07, 6.45) is 0.687. The molecule has 3 aromatic rings. The van der Waals surface area contributed by atoms with Gasteiger partial charge in [0.2, 0.25) is 0 Å². The maximum Gasteiger partial charge on any atom is 1.00 e. The molecule has 0 fully saturated rings. The van der Waals surface area contributed by atoms with Crippen LogP contribution in [0.25, 0.3) is 10.9 Å². The van der Waals surface area contributed by atoms with Crippen molar-refractivity contribution in [2.45, 2.75) is 20.3 Å². The van der Waals surface area contributed by atoms with E-state index in [9.17, 15) is 14.7 Å². The Hall–Kier alpha value is -2.48. The number of aromatic nitrogens is 1.